The zero-order valence-electron chi connectivity index (χ0n) is 14.2. The fourth-order valence-electron chi connectivity index (χ4n) is 3.19. The lowest BCUT2D eigenvalue weighted by atomic mass is 10.00. The van der Waals surface area contributed by atoms with Crippen LogP contribution in [0, 0.1) is 0 Å². The number of halogens is 1. The van der Waals surface area contributed by atoms with Crippen molar-refractivity contribution in [2.24, 2.45) is 0 Å². The Labute approximate surface area is 157 Å². The summed E-state index contributed by atoms with van der Waals surface area (Å²) in [6.45, 7) is 1.34. The molecule has 0 radical (unpaired) electrons. The summed E-state index contributed by atoms with van der Waals surface area (Å²) in [6.07, 6.45) is 2.53. The van der Waals surface area contributed by atoms with Gasteiger partial charge in [0.1, 0.15) is 5.69 Å². The van der Waals surface area contributed by atoms with Crippen LogP contribution >= 0.6 is 11.6 Å². The molecule has 2 aromatic carbocycles. The number of hydrogen-bond donors (Lipinski definition) is 1. The van der Waals surface area contributed by atoms with Crippen molar-refractivity contribution in [2.75, 3.05) is 11.9 Å². The molecule has 4 nitrogen and oxygen atoms in total. The molecule has 0 spiro atoms. The summed E-state index contributed by atoms with van der Waals surface area (Å²) in [6, 6.07) is 19.4. The molecule has 130 valence electrons. The molecule has 0 saturated carbocycles. The molecule has 1 aliphatic rings. The van der Waals surface area contributed by atoms with Gasteiger partial charge in [0.05, 0.1) is 0 Å². The normalized spacial score (nSPS) is 13.2. The third-order valence-electron chi connectivity index (χ3n) is 4.51. The molecule has 3 aromatic rings. The Morgan fingerprint density at radius 3 is 2.65 bits per heavy atom. The predicted molar refractivity (Wildman–Crippen MR) is 104 cm³/mol. The van der Waals surface area contributed by atoms with Crippen molar-refractivity contribution in [3.05, 3.63) is 88.7 Å². The molecule has 1 N–H and O–H groups in total. The quantitative estimate of drug-likeness (QED) is 0.735. The molecule has 0 atom stereocenters. The number of rotatable bonds is 3. The third kappa shape index (κ3) is 3.55. The maximum atomic E-state index is 12.9. The SMILES string of the molecule is O=C(c1cc(Nc2cccc(Cl)c2)ccn1)N1CCc2ccccc2C1. The van der Waals surface area contributed by atoms with E-state index < -0.39 is 0 Å². The van der Waals surface area contributed by atoms with Crippen LogP contribution in [0.3, 0.4) is 0 Å². The molecule has 0 aliphatic carbocycles. The third-order valence-corrected chi connectivity index (χ3v) is 4.75. The zero-order chi connectivity index (χ0) is 17.9. The monoisotopic (exact) mass is 363 g/mol. The van der Waals surface area contributed by atoms with E-state index in [1.807, 2.05) is 47.4 Å². The smallest absolute Gasteiger partial charge is 0.272 e. The van der Waals surface area contributed by atoms with Crippen molar-refractivity contribution >= 4 is 28.9 Å². The van der Waals surface area contributed by atoms with E-state index in [1.54, 1.807) is 12.3 Å². The molecule has 2 heterocycles. The van der Waals surface area contributed by atoms with Crippen LogP contribution in [-0.4, -0.2) is 22.3 Å². The van der Waals surface area contributed by atoms with Crippen molar-refractivity contribution in [1.29, 1.82) is 0 Å². The highest BCUT2D eigenvalue weighted by molar-refractivity contribution is 6.30. The number of benzene rings is 2. The van der Waals surface area contributed by atoms with Crippen LogP contribution < -0.4 is 5.32 Å². The summed E-state index contributed by atoms with van der Waals surface area (Å²) >= 11 is 6.02. The van der Waals surface area contributed by atoms with Crippen LogP contribution in [0.25, 0.3) is 0 Å². The van der Waals surface area contributed by atoms with Crippen molar-refractivity contribution in [2.45, 2.75) is 13.0 Å². The number of aromatic nitrogens is 1. The standard InChI is InChI=1S/C21H18ClN3O/c22-17-6-3-7-18(12-17)24-19-8-10-23-20(13-19)21(26)25-11-9-15-4-1-2-5-16(15)14-25/h1-8,10,12-13H,9,11,14H2,(H,23,24). The van der Waals surface area contributed by atoms with Crippen LogP contribution in [0.2, 0.25) is 5.02 Å². The van der Waals surface area contributed by atoms with Gasteiger partial charge >= 0.3 is 0 Å². The minimum Gasteiger partial charge on any atom is -0.355 e. The van der Waals surface area contributed by atoms with Gasteiger partial charge < -0.3 is 10.2 Å². The summed E-state index contributed by atoms with van der Waals surface area (Å²) in [5.74, 6) is -0.0470. The molecule has 1 aromatic heterocycles. The lowest BCUT2D eigenvalue weighted by molar-refractivity contribution is 0.0729. The topological polar surface area (TPSA) is 45.2 Å². The van der Waals surface area contributed by atoms with E-state index in [9.17, 15) is 4.79 Å². The Hall–Kier alpha value is -2.85. The van der Waals surface area contributed by atoms with Gasteiger partial charge in [0.15, 0.2) is 0 Å². The Kier molecular flexibility index (Phi) is 4.59. The van der Waals surface area contributed by atoms with Gasteiger partial charge in [-0.1, -0.05) is 41.9 Å². The molecule has 0 saturated heterocycles. The van der Waals surface area contributed by atoms with Gasteiger partial charge in [-0.3, -0.25) is 9.78 Å². The van der Waals surface area contributed by atoms with E-state index in [4.69, 9.17) is 11.6 Å². The number of anilines is 2. The van der Waals surface area contributed by atoms with Crippen LogP contribution in [0.4, 0.5) is 11.4 Å². The van der Waals surface area contributed by atoms with Gasteiger partial charge in [-0.05, 0) is 47.9 Å². The van der Waals surface area contributed by atoms with Gasteiger partial charge in [0, 0.05) is 35.7 Å². The summed E-state index contributed by atoms with van der Waals surface area (Å²) in [4.78, 5) is 19.0. The van der Waals surface area contributed by atoms with Gasteiger partial charge in [0.2, 0.25) is 0 Å². The highest BCUT2D eigenvalue weighted by Gasteiger charge is 2.22. The number of pyridine rings is 1. The Bertz CT molecular complexity index is 957. The average molecular weight is 364 g/mol. The maximum Gasteiger partial charge on any atom is 0.272 e. The highest BCUT2D eigenvalue weighted by atomic mass is 35.5. The van der Waals surface area contributed by atoms with E-state index in [-0.39, 0.29) is 5.91 Å². The molecule has 0 fully saturated rings. The fraction of sp³-hybridized carbons (Fsp3) is 0.143. The lowest BCUT2D eigenvalue weighted by Crippen LogP contribution is -2.36. The zero-order valence-corrected chi connectivity index (χ0v) is 14.9. The van der Waals surface area contributed by atoms with Crippen LogP contribution in [0.1, 0.15) is 21.6 Å². The van der Waals surface area contributed by atoms with E-state index in [2.05, 4.69) is 22.4 Å². The van der Waals surface area contributed by atoms with Gasteiger partial charge in [-0.25, -0.2) is 0 Å². The lowest BCUT2D eigenvalue weighted by Gasteiger charge is -2.28. The van der Waals surface area contributed by atoms with E-state index in [0.29, 0.717) is 23.8 Å². The molecule has 0 bridgehead atoms. The number of fused-ring (bicyclic) bond motifs is 1. The minimum atomic E-state index is -0.0470. The van der Waals surface area contributed by atoms with Crippen molar-refractivity contribution in [3.8, 4) is 0 Å². The first-order valence-electron chi connectivity index (χ1n) is 8.54. The van der Waals surface area contributed by atoms with Crippen molar-refractivity contribution < 1.29 is 4.79 Å². The maximum absolute atomic E-state index is 12.9. The Morgan fingerprint density at radius 1 is 1.00 bits per heavy atom. The second-order valence-electron chi connectivity index (χ2n) is 6.31. The molecular formula is C21H18ClN3O. The number of nitrogens with zero attached hydrogens (tertiary/aromatic N) is 2. The summed E-state index contributed by atoms with van der Waals surface area (Å²) < 4.78 is 0. The molecule has 1 amide bonds. The van der Waals surface area contributed by atoms with E-state index >= 15 is 0 Å². The number of hydrogen-bond acceptors (Lipinski definition) is 3. The Balaban J connectivity index is 1.52. The van der Waals surface area contributed by atoms with Crippen LogP contribution in [0.15, 0.2) is 66.9 Å². The Morgan fingerprint density at radius 2 is 1.81 bits per heavy atom. The second-order valence-corrected chi connectivity index (χ2v) is 6.75. The summed E-state index contributed by atoms with van der Waals surface area (Å²) in [7, 11) is 0. The number of carbonyl (C=O) groups is 1. The number of amides is 1. The summed E-state index contributed by atoms with van der Waals surface area (Å²) in [5.41, 5.74) is 4.65. The van der Waals surface area contributed by atoms with Crippen LogP contribution in [-0.2, 0) is 13.0 Å². The van der Waals surface area contributed by atoms with Gasteiger partial charge in [-0.15, -0.1) is 0 Å². The summed E-state index contributed by atoms with van der Waals surface area (Å²) in [5, 5.41) is 3.92. The number of carbonyl (C=O) groups excluding carboxylic acids is 1. The predicted octanol–water partition coefficient (Wildman–Crippen LogP) is 4.68. The molecular weight excluding hydrogens is 346 g/mol. The van der Waals surface area contributed by atoms with E-state index in [0.717, 1.165) is 17.8 Å². The van der Waals surface area contributed by atoms with Crippen molar-refractivity contribution in [1.82, 2.24) is 9.88 Å². The van der Waals surface area contributed by atoms with Gasteiger partial charge in [-0.2, -0.15) is 0 Å². The fourth-order valence-corrected chi connectivity index (χ4v) is 3.38. The molecule has 5 heteroatoms. The highest BCUT2D eigenvalue weighted by Crippen LogP contribution is 2.23. The van der Waals surface area contributed by atoms with E-state index in [1.165, 1.54) is 11.1 Å². The minimum absolute atomic E-state index is 0.0470. The molecule has 26 heavy (non-hydrogen) atoms. The second kappa shape index (κ2) is 7.18. The first kappa shape index (κ1) is 16.6. The largest absolute Gasteiger partial charge is 0.355 e. The molecule has 4 rings (SSSR count). The molecule has 0 unspecified atom stereocenters. The average Bonchev–Trinajstić information content (AvgIpc) is 2.67. The molecule has 1 aliphatic heterocycles. The first-order valence-corrected chi connectivity index (χ1v) is 8.91. The van der Waals surface area contributed by atoms with Crippen molar-refractivity contribution in [3.63, 3.8) is 0 Å². The van der Waals surface area contributed by atoms with Gasteiger partial charge in [0.25, 0.3) is 5.91 Å². The first-order chi connectivity index (χ1) is 12.7. The van der Waals surface area contributed by atoms with Crippen LogP contribution in [0.5, 0.6) is 0 Å². The number of nitrogens with one attached hydrogen (secondary N) is 1.